The fraction of sp³-hybridized carbons (Fsp3) is 0.458. The summed E-state index contributed by atoms with van der Waals surface area (Å²) in [5.41, 5.74) is 3.29. The van der Waals surface area contributed by atoms with E-state index in [1.807, 2.05) is 30.5 Å². The molecule has 4 heterocycles. The van der Waals surface area contributed by atoms with E-state index in [0.717, 1.165) is 55.5 Å². The second-order valence-electron chi connectivity index (χ2n) is 8.53. The molecule has 2 N–H and O–H groups in total. The molecule has 5 rings (SSSR count). The largest absolute Gasteiger partial charge is 0.493 e. The van der Waals surface area contributed by atoms with E-state index >= 15 is 0 Å². The third-order valence-corrected chi connectivity index (χ3v) is 6.26. The summed E-state index contributed by atoms with van der Waals surface area (Å²) in [6, 6.07) is 7.75. The zero-order valence-corrected chi connectivity index (χ0v) is 19.1. The van der Waals surface area contributed by atoms with E-state index < -0.39 is 0 Å². The minimum Gasteiger partial charge on any atom is -0.493 e. The Morgan fingerprint density at radius 3 is 2.91 bits per heavy atom. The number of H-pyrrole nitrogens is 1. The van der Waals surface area contributed by atoms with Crippen molar-refractivity contribution in [1.29, 1.82) is 0 Å². The summed E-state index contributed by atoms with van der Waals surface area (Å²) >= 11 is 0. The van der Waals surface area contributed by atoms with Crippen LogP contribution in [0.2, 0.25) is 0 Å². The fourth-order valence-corrected chi connectivity index (χ4v) is 4.48. The van der Waals surface area contributed by atoms with Gasteiger partial charge in [-0.25, -0.2) is 4.98 Å². The summed E-state index contributed by atoms with van der Waals surface area (Å²) in [4.78, 5) is 13.9. The first-order chi connectivity index (χ1) is 16.3. The number of nitrogens with zero attached hydrogens (tertiary/aromatic N) is 5. The van der Waals surface area contributed by atoms with Gasteiger partial charge in [-0.2, -0.15) is 10.1 Å². The van der Waals surface area contributed by atoms with Gasteiger partial charge in [0.05, 0.1) is 19.9 Å². The van der Waals surface area contributed by atoms with Crippen LogP contribution in [-0.2, 0) is 13.0 Å². The van der Waals surface area contributed by atoms with Crippen LogP contribution in [0.1, 0.15) is 30.5 Å². The summed E-state index contributed by atoms with van der Waals surface area (Å²) in [5.74, 6) is 2.89. The van der Waals surface area contributed by atoms with Crippen molar-refractivity contribution < 1.29 is 9.47 Å². The quantitative estimate of drug-likeness (QED) is 0.481. The Labute approximate surface area is 194 Å². The molecule has 0 radical (unpaired) electrons. The Balaban J connectivity index is 1.22. The molecule has 0 saturated carbocycles. The number of methoxy groups -OCH3 is 1. The summed E-state index contributed by atoms with van der Waals surface area (Å²) in [6.07, 6.45) is 8.24. The Bertz CT molecular complexity index is 1060. The minimum absolute atomic E-state index is 0.552. The van der Waals surface area contributed by atoms with Gasteiger partial charge in [0.15, 0.2) is 11.5 Å². The maximum Gasteiger partial charge on any atom is 0.229 e. The van der Waals surface area contributed by atoms with Crippen LogP contribution in [0.25, 0.3) is 0 Å². The van der Waals surface area contributed by atoms with Crippen molar-refractivity contribution in [2.75, 3.05) is 50.1 Å². The van der Waals surface area contributed by atoms with Crippen LogP contribution in [0, 0.1) is 0 Å². The van der Waals surface area contributed by atoms with Crippen LogP contribution in [-0.4, -0.2) is 65.0 Å². The monoisotopic (exact) mass is 449 g/mol. The molecule has 174 valence electrons. The van der Waals surface area contributed by atoms with E-state index in [4.69, 9.17) is 14.5 Å². The van der Waals surface area contributed by atoms with Gasteiger partial charge in [-0.1, -0.05) is 0 Å². The second-order valence-corrected chi connectivity index (χ2v) is 8.53. The predicted molar refractivity (Wildman–Crippen MR) is 127 cm³/mol. The molecule has 0 bridgehead atoms. The van der Waals surface area contributed by atoms with Gasteiger partial charge in [0, 0.05) is 55.3 Å². The van der Waals surface area contributed by atoms with Crippen molar-refractivity contribution in [3.63, 3.8) is 0 Å². The number of aromatic amines is 1. The van der Waals surface area contributed by atoms with Crippen LogP contribution in [0.15, 0.2) is 36.7 Å². The fourth-order valence-electron chi connectivity index (χ4n) is 4.48. The second kappa shape index (κ2) is 10.1. The number of hydrogen-bond donors (Lipinski definition) is 2. The molecule has 9 nitrogen and oxygen atoms in total. The molecule has 33 heavy (non-hydrogen) atoms. The molecule has 1 saturated heterocycles. The molecule has 1 fully saturated rings. The smallest absolute Gasteiger partial charge is 0.229 e. The van der Waals surface area contributed by atoms with Crippen molar-refractivity contribution in [1.82, 2.24) is 25.1 Å². The zero-order valence-electron chi connectivity index (χ0n) is 19.1. The minimum atomic E-state index is 0.552. The number of benzene rings is 1. The predicted octanol–water partition coefficient (Wildman–Crippen LogP) is 3.38. The lowest BCUT2D eigenvalue weighted by Gasteiger charge is -2.27. The van der Waals surface area contributed by atoms with Gasteiger partial charge < -0.3 is 24.6 Å². The van der Waals surface area contributed by atoms with Crippen LogP contribution in [0.4, 0.5) is 17.5 Å². The molecule has 0 atom stereocenters. The standard InChI is InChI=1S/C24H31N7O2/c1-32-21-6-5-19(15-22(21)33-14-4-12-30-10-2-3-11-30)27-24-25-9-7-23(28-24)31-13-8-20-18(17-31)16-26-29-20/h5-7,9,15-16H,2-4,8,10-14,17H2,1H3,(H,26,29)(H,25,27,28). The van der Waals surface area contributed by atoms with Crippen molar-refractivity contribution in [3.8, 4) is 11.5 Å². The Morgan fingerprint density at radius 1 is 1.12 bits per heavy atom. The summed E-state index contributed by atoms with van der Waals surface area (Å²) in [6.45, 7) is 5.85. The maximum absolute atomic E-state index is 6.06. The molecular weight excluding hydrogens is 418 g/mol. The SMILES string of the molecule is COc1ccc(Nc2nccc(N3CCc4[nH]ncc4C3)n2)cc1OCCCN1CCCC1. The molecule has 2 aliphatic heterocycles. The van der Waals surface area contributed by atoms with Crippen molar-refractivity contribution in [2.24, 2.45) is 0 Å². The number of aromatic nitrogens is 4. The molecule has 0 amide bonds. The van der Waals surface area contributed by atoms with Crippen LogP contribution in [0.5, 0.6) is 11.5 Å². The van der Waals surface area contributed by atoms with Crippen LogP contribution in [0.3, 0.4) is 0 Å². The van der Waals surface area contributed by atoms with E-state index in [2.05, 4.69) is 30.3 Å². The van der Waals surface area contributed by atoms with E-state index in [0.29, 0.717) is 12.6 Å². The molecular formula is C24H31N7O2. The van der Waals surface area contributed by atoms with Crippen molar-refractivity contribution in [3.05, 3.63) is 47.9 Å². The average molecular weight is 450 g/mol. The molecule has 2 aromatic heterocycles. The van der Waals surface area contributed by atoms with E-state index in [-0.39, 0.29) is 0 Å². The molecule has 0 spiro atoms. The lowest BCUT2D eigenvalue weighted by atomic mass is 10.1. The first kappa shape index (κ1) is 21.5. The molecule has 2 aliphatic rings. The van der Waals surface area contributed by atoms with Gasteiger partial charge in [0.1, 0.15) is 5.82 Å². The molecule has 9 heteroatoms. The molecule has 1 aromatic carbocycles. The molecule has 0 aliphatic carbocycles. The first-order valence-electron chi connectivity index (χ1n) is 11.7. The van der Waals surface area contributed by atoms with Gasteiger partial charge in [-0.3, -0.25) is 5.10 Å². The summed E-state index contributed by atoms with van der Waals surface area (Å²) < 4.78 is 11.6. The normalized spacial score (nSPS) is 16.0. The zero-order chi connectivity index (χ0) is 22.5. The topological polar surface area (TPSA) is 91.4 Å². The number of rotatable bonds is 9. The number of hydrogen-bond acceptors (Lipinski definition) is 8. The summed E-state index contributed by atoms with van der Waals surface area (Å²) in [7, 11) is 1.66. The number of fused-ring (bicyclic) bond motifs is 1. The molecule has 0 unspecified atom stereocenters. The highest BCUT2D eigenvalue weighted by atomic mass is 16.5. The van der Waals surface area contributed by atoms with Crippen LogP contribution < -0.4 is 19.7 Å². The highest BCUT2D eigenvalue weighted by Gasteiger charge is 2.19. The Kier molecular flexibility index (Phi) is 6.57. The van der Waals surface area contributed by atoms with Crippen LogP contribution >= 0.6 is 0 Å². The summed E-state index contributed by atoms with van der Waals surface area (Å²) in [5, 5.41) is 10.5. The van der Waals surface area contributed by atoms with E-state index in [9.17, 15) is 0 Å². The first-order valence-corrected chi connectivity index (χ1v) is 11.7. The van der Waals surface area contributed by atoms with Gasteiger partial charge >= 0.3 is 0 Å². The van der Waals surface area contributed by atoms with Gasteiger partial charge in [0.2, 0.25) is 5.95 Å². The number of anilines is 3. The lowest BCUT2D eigenvalue weighted by molar-refractivity contribution is 0.254. The van der Waals surface area contributed by atoms with E-state index in [1.54, 1.807) is 13.3 Å². The van der Waals surface area contributed by atoms with Gasteiger partial charge in [0.25, 0.3) is 0 Å². The Hall–Kier alpha value is -3.33. The van der Waals surface area contributed by atoms with Gasteiger partial charge in [-0.15, -0.1) is 0 Å². The third-order valence-electron chi connectivity index (χ3n) is 6.26. The van der Waals surface area contributed by atoms with Gasteiger partial charge in [-0.05, 0) is 50.6 Å². The lowest BCUT2D eigenvalue weighted by Crippen LogP contribution is -2.30. The number of nitrogens with one attached hydrogen (secondary N) is 2. The number of likely N-dealkylation sites (tertiary alicyclic amines) is 1. The number of ether oxygens (including phenoxy) is 2. The highest BCUT2D eigenvalue weighted by molar-refractivity contribution is 5.60. The van der Waals surface area contributed by atoms with E-state index in [1.165, 1.54) is 37.2 Å². The molecule has 3 aromatic rings. The third kappa shape index (κ3) is 5.19. The van der Waals surface area contributed by atoms with Crippen molar-refractivity contribution >= 4 is 17.5 Å². The van der Waals surface area contributed by atoms with Crippen molar-refractivity contribution in [2.45, 2.75) is 32.2 Å². The average Bonchev–Trinajstić information content (AvgIpc) is 3.54. The Morgan fingerprint density at radius 2 is 2.03 bits per heavy atom. The maximum atomic E-state index is 6.06. The highest BCUT2D eigenvalue weighted by Crippen LogP contribution is 2.31.